The molecule has 0 fully saturated rings. The maximum absolute atomic E-state index is 13.1. The highest BCUT2D eigenvalue weighted by Crippen LogP contribution is 2.17. The van der Waals surface area contributed by atoms with Crippen LogP contribution in [0.5, 0.6) is 5.75 Å². The Labute approximate surface area is 166 Å². The number of benzene rings is 1. The van der Waals surface area contributed by atoms with Gasteiger partial charge in [-0.1, -0.05) is 12.1 Å². The average molecular weight is 401 g/mol. The van der Waals surface area contributed by atoms with E-state index in [2.05, 4.69) is 5.32 Å². The first-order chi connectivity index (χ1) is 13.2. The molecule has 7 nitrogen and oxygen atoms in total. The van der Waals surface area contributed by atoms with E-state index in [9.17, 15) is 14.4 Å². The topological polar surface area (TPSA) is 82.3 Å². The Morgan fingerprint density at radius 3 is 2.61 bits per heavy atom. The van der Waals surface area contributed by atoms with Crippen LogP contribution in [-0.2, 0) is 17.9 Å². The molecule has 1 aromatic carbocycles. The highest BCUT2D eigenvalue weighted by Gasteiger charge is 2.19. The molecule has 8 heteroatoms. The minimum absolute atomic E-state index is 0.101. The Morgan fingerprint density at radius 1 is 1.18 bits per heavy atom. The third-order valence-corrected chi connectivity index (χ3v) is 5.02. The van der Waals surface area contributed by atoms with Gasteiger partial charge in [-0.15, -0.1) is 11.3 Å². The van der Waals surface area contributed by atoms with Crippen molar-refractivity contribution in [3.63, 3.8) is 0 Å². The van der Waals surface area contributed by atoms with E-state index < -0.39 is 11.2 Å². The molecule has 0 unspecified atom stereocenters. The monoisotopic (exact) mass is 401 g/mol. The molecule has 28 heavy (non-hydrogen) atoms. The number of rotatable bonds is 5. The molecule has 0 bridgehead atoms. The second kappa shape index (κ2) is 7.63. The molecule has 3 rings (SSSR count). The third-order valence-electron chi connectivity index (χ3n) is 4.13. The summed E-state index contributed by atoms with van der Waals surface area (Å²) in [6.07, 6.45) is 0. The smallest absolute Gasteiger partial charge is 0.332 e. The minimum Gasteiger partial charge on any atom is -0.497 e. The quantitative estimate of drug-likeness (QED) is 0.711. The van der Waals surface area contributed by atoms with Crippen LogP contribution < -0.4 is 21.3 Å². The van der Waals surface area contributed by atoms with Crippen LogP contribution in [-0.4, -0.2) is 27.7 Å². The zero-order chi connectivity index (χ0) is 20.5. The second-order valence-corrected chi connectivity index (χ2v) is 8.46. The van der Waals surface area contributed by atoms with Gasteiger partial charge in [0, 0.05) is 5.54 Å². The van der Waals surface area contributed by atoms with Gasteiger partial charge >= 0.3 is 5.69 Å². The van der Waals surface area contributed by atoms with Crippen molar-refractivity contribution in [3.05, 3.63) is 62.1 Å². The van der Waals surface area contributed by atoms with Gasteiger partial charge in [0.05, 0.1) is 19.2 Å². The number of nitrogens with zero attached hydrogens (tertiary/aromatic N) is 2. The van der Waals surface area contributed by atoms with Crippen LogP contribution in [0.25, 0.3) is 10.2 Å². The highest BCUT2D eigenvalue weighted by atomic mass is 32.1. The maximum Gasteiger partial charge on any atom is 0.332 e. The average Bonchev–Trinajstić information content (AvgIpc) is 3.11. The minimum atomic E-state index is -0.511. The van der Waals surface area contributed by atoms with E-state index in [4.69, 9.17) is 4.74 Å². The standard InChI is InChI=1S/C20H23N3O4S/c1-20(2,3)21-16(24)12-22-15-8-9-28-17(15)18(25)23(19(22)26)11-13-6-5-7-14(10-13)27-4/h5-10H,11-12H2,1-4H3,(H,21,24). The predicted molar refractivity (Wildman–Crippen MR) is 110 cm³/mol. The number of ether oxygens (including phenoxy) is 1. The molecule has 0 aliphatic heterocycles. The first kappa shape index (κ1) is 19.9. The lowest BCUT2D eigenvalue weighted by Gasteiger charge is -2.21. The van der Waals surface area contributed by atoms with Crippen LogP contribution in [0.15, 0.2) is 45.3 Å². The number of hydrogen-bond acceptors (Lipinski definition) is 5. The van der Waals surface area contributed by atoms with Crippen LogP contribution in [0.4, 0.5) is 0 Å². The van der Waals surface area contributed by atoms with E-state index in [0.29, 0.717) is 16.0 Å². The summed E-state index contributed by atoms with van der Waals surface area (Å²) in [5, 5.41) is 4.60. The van der Waals surface area contributed by atoms with Crippen molar-refractivity contribution < 1.29 is 9.53 Å². The summed E-state index contributed by atoms with van der Waals surface area (Å²) in [5.41, 5.74) is -0.0390. The fraction of sp³-hybridized carbons (Fsp3) is 0.350. The van der Waals surface area contributed by atoms with E-state index in [1.807, 2.05) is 26.8 Å². The molecule has 0 radical (unpaired) electrons. The van der Waals surface area contributed by atoms with Gasteiger partial charge in [-0.05, 0) is 49.9 Å². The third kappa shape index (κ3) is 4.17. The molecule has 0 atom stereocenters. The molecule has 0 saturated carbocycles. The van der Waals surface area contributed by atoms with E-state index in [0.717, 1.165) is 10.1 Å². The first-order valence-electron chi connectivity index (χ1n) is 8.84. The molecule has 2 heterocycles. The number of carbonyl (C=O) groups is 1. The second-order valence-electron chi connectivity index (χ2n) is 7.54. The Kier molecular flexibility index (Phi) is 5.42. The lowest BCUT2D eigenvalue weighted by atomic mass is 10.1. The molecule has 1 N–H and O–H groups in total. The molecule has 0 aliphatic rings. The number of aromatic nitrogens is 2. The van der Waals surface area contributed by atoms with Gasteiger partial charge in [-0.2, -0.15) is 0 Å². The van der Waals surface area contributed by atoms with Crippen molar-refractivity contribution in [2.75, 3.05) is 7.11 Å². The number of fused-ring (bicyclic) bond motifs is 1. The summed E-state index contributed by atoms with van der Waals surface area (Å²) in [6, 6.07) is 8.90. The predicted octanol–water partition coefficient (Wildman–Crippen LogP) is 2.20. The largest absolute Gasteiger partial charge is 0.497 e. The summed E-state index contributed by atoms with van der Waals surface area (Å²) in [4.78, 5) is 38.4. The number of amides is 1. The fourth-order valence-corrected chi connectivity index (χ4v) is 3.82. The zero-order valence-corrected chi connectivity index (χ0v) is 17.1. The molecule has 1 amide bonds. The Morgan fingerprint density at radius 2 is 1.93 bits per heavy atom. The molecule has 0 saturated heterocycles. The van der Waals surface area contributed by atoms with Crippen molar-refractivity contribution in [1.82, 2.24) is 14.5 Å². The van der Waals surface area contributed by atoms with Crippen LogP contribution in [0.1, 0.15) is 26.3 Å². The normalized spacial score (nSPS) is 11.6. The van der Waals surface area contributed by atoms with Gasteiger partial charge in [0.15, 0.2) is 0 Å². The van der Waals surface area contributed by atoms with Gasteiger partial charge in [0.2, 0.25) is 5.91 Å². The van der Waals surface area contributed by atoms with E-state index in [1.165, 1.54) is 15.9 Å². The number of carbonyl (C=O) groups excluding carboxylic acids is 1. The lowest BCUT2D eigenvalue weighted by Crippen LogP contribution is -2.46. The van der Waals surface area contributed by atoms with Gasteiger partial charge < -0.3 is 10.1 Å². The molecular weight excluding hydrogens is 378 g/mol. The van der Waals surface area contributed by atoms with Crippen LogP contribution in [0, 0.1) is 0 Å². The van der Waals surface area contributed by atoms with Gasteiger partial charge in [0.25, 0.3) is 5.56 Å². The van der Waals surface area contributed by atoms with E-state index in [-0.39, 0.29) is 24.6 Å². The number of nitrogens with one attached hydrogen (secondary N) is 1. The van der Waals surface area contributed by atoms with Gasteiger partial charge in [0.1, 0.15) is 17.0 Å². The maximum atomic E-state index is 13.1. The summed E-state index contributed by atoms with van der Waals surface area (Å²) in [6.45, 7) is 5.57. The van der Waals surface area contributed by atoms with Gasteiger partial charge in [-0.3, -0.25) is 18.7 Å². The molecular formula is C20H23N3O4S. The van der Waals surface area contributed by atoms with Gasteiger partial charge in [-0.25, -0.2) is 4.79 Å². The number of methoxy groups -OCH3 is 1. The van der Waals surface area contributed by atoms with Crippen molar-refractivity contribution in [3.8, 4) is 5.75 Å². The van der Waals surface area contributed by atoms with Crippen molar-refractivity contribution >= 4 is 27.5 Å². The lowest BCUT2D eigenvalue weighted by molar-refractivity contribution is -0.123. The first-order valence-corrected chi connectivity index (χ1v) is 9.72. The van der Waals surface area contributed by atoms with Crippen LogP contribution >= 0.6 is 11.3 Å². The summed E-state index contributed by atoms with van der Waals surface area (Å²) in [5.74, 6) is 0.362. The Hall–Kier alpha value is -2.87. The van der Waals surface area contributed by atoms with Crippen LogP contribution in [0.3, 0.4) is 0 Å². The fourth-order valence-electron chi connectivity index (χ4n) is 2.98. The Balaban J connectivity index is 2.07. The van der Waals surface area contributed by atoms with E-state index in [1.54, 1.807) is 36.8 Å². The number of hydrogen-bond donors (Lipinski definition) is 1. The SMILES string of the molecule is COc1cccc(Cn2c(=O)c3sccc3n(CC(=O)NC(C)(C)C)c2=O)c1. The van der Waals surface area contributed by atoms with E-state index >= 15 is 0 Å². The van der Waals surface area contributed by atoms with Crippen molar-refractivity contribution in [2.45, 2.75) is 39.4 Å². The number of thiophene rings is 1. The van der Waals surface area contributed by atoms with Crippen molar-refractivity contribution in [1.29, 1.82) is 0 Å². The summed E-state index contributed by atoms with van der Waals surface area (Å²) < 4.78 is 8.18. The molecule has 0 aliphatic carbocycles. The molecule has 2 aromatic heterocycles. The summed E-state index contributed by atoms with van der Waals surface area (Å²) in [7, 11) is 1.56. The molecule has 0 spiro atoms. The molecule has 148 valence electrons. The van der Waals surface area contributed by atoms with Crippen molar-refractivity contribution in [2.24, 2.45) is 0 Å². The zero-order valence-electron chi connectivity index (χ0n) is 16.3. The van der Waals surface area contributed by atoms with Crippen LogP contribution in [0.2, 0.25) is 0 Å². The summed E-state index contributed by atoms with van der Waals surface area (Å²) >= 11 is 1.26. The molecule has 3 aromatic rings. The Bertz CT molecular complexity index is 1130. The highest BCUT2D eigenvalue weighted by molar-refractivity contribution is 7.17.